The van der Waals surface area contributed by atoms with Crippen molar-refractivity contribution < 1.29 is 44.6 Å². The van der Waals surface area contributed by atoms with Crippen LogP contribution in [0.1, 0.15) is 83.5 Å². The second kappa shape index (κ2) is 21.9. The number of carboxylic acids is 1. The molecule has 4 heteroatoms. The van der Waals surface area contributed by atoms with Crippen molar-refractivity contribution in [1.82, 2.24) is 0 Å². The number of allylic oxidation sites excluding steroid dienone is 4. The fourth-order valence-electron chi connectivity index (χ4n) is 2.26. The summed E-state index contributed by atoms with van der Waals surface area (Å²) in [6.07, 6.45) is 22.2. The van der Waals surface area contributed by atoms with E-state index in [4.69, 9.17) is 5.11 Å². The van der Waals surface area contributed by atoms with Crippen LogP contribution in [-0.2, 0) is 4.79 Å². The largest absolute Gasteiger partial charge is 1.00 e. The van der Waals surface area contributed by atoms with E-state index >= 15 is 0 Å². The van der Waals surface area contributed by atoms with Crippen LogP contribution in [0.5, 0.6) is 0 Å². The van der Waals surface area contributed by atoms with Gasteiger partial charge in [0.2, 0.25) is 0 Å². The third-order valence-corrected chi connectivity index (χ3v) is 3.61. The normalized spacial score (nSPS) is 11.2. The number of aliphatic hydroxyl groups is 1. The minimum atomic E-state index is -0.951. The molecule has 0 fully saturated rings. The van der Waals surface area contributed by atoms with Gasteiger partial charge in [0.1, 0.15) is 0 Å². The van der Waals surface area contributed by atoms with E-state index in [1.165, 1.54) is 38.5 Å². The van der Waals surface area contributed by atoms with Gasteiger partial charge in [0, 0.05) is 12.6 Å². The Balaban J connectivity index is 0. The molecule has 0 unspecified atom stereocenters. The molecule has 23 heavy (non-hydrogen) atoms. The van der Waals surface area contributed by atoms with E-state index in [0.717, 1.165) is 32.1 Å². The minimum absolute atomic E-state index is 0. The number of aliphatic hydroxyl groups excluding tert-OH is 1. The summed E-state index contributed by atoms with van der Waals surface area (Å²) in [5.74, 6) is -0.951. The minimum Gasteiger partial charge on any atom is -0.550 e. The van der Waals surface area contributed by atoms with Crippen LogP contribution in [0.15, 0.2) is 24.3 Å². The summed E-state index contributed by atoms with van der Waals surface area (Å²) in [6.45, 7) is 0.308. The smallest absolute Gasteiger partial charge is 0.550 e. The maximum absolute atomic E-state index is 10.2. The molecule has 0 atom stereocenters. The van der Waals surface area contributed by atoms with Gasteiger partial charge in [-0.25, -0.2) is 0 Å². The second-order valence-corrected chi connectivity index (χ2v) is 5.77. The first kappa shape index (κ1) is 25.2. The van der Waals surface area contributed by atoms with Crippen LogP contribution in [0.4, 0.5) is 0 Å². The molecule has 0 rings (SSSR count). The van der Waals surface area contributed by atoms with Crippen molar-refractivity contribution in [3.63, 3.8) is 0 Å². The molecule has 0 saturated carbocycles. The standard InChI is InChI=1S/C19H34O3.Na/c20-18-16-14-12-10-8-6-4-2-1-3-5-7-9-11-13-15-17-19(21)22;/h8-11,20H,1-7,12-18H2,(H,21,22);/q;+1/p-1/b10-8-,11-9-;. The molecule has 0 spiro atoms. The van der Waals surface area contributed by atoms with Gasteiger partial charge >= 0.3 is 29.6 Å². The van der Waals surface area contributed by atoms with E-state index in [1.54, 1.807) is 0 Å². The van der Waals surface area contributed by atoms with Crippen molar-refractivity contribution in [2.24, 2.45) is 0 Å². The molecule has 0 saturated heterocycles. The topological polar surface area (TPSA) is 60.4 Å². The Morgan fingerprint density at radius 2 is 1.09 bits per heavy atom. The molecule has 0 aliphatic heterocycles. The fourth-order valence-corrected chi connectivity index (χ4v) is 2.26. The summed E-state index contributed by atoms with van der Waals surface area (Å²) in [5, 5.41) is 18.9. The van der Waals surface area contributed by atoms with Crippen LogP contribution in [0, 0.1) is 0 Å². The van der Waals surface area contributed by atoms with E-state index in [1.807, 2.05) is 0 Å². The zero-order chi connectivity index (χ0) is 16.3. The molecule has 0 aliphatic carbocycles. The first-order chi connectivity index (χ1) is 10.8. The average molecular weight is 332 g/mol. The number of aliphatic carboxylic acids is 1. The number of carbonyl (C=O) groups is 1. The molecule has 0 aromatic rings. The second-order valence-electron chi connectivity index (χ2n) is 5.77. The van der Waals surface area contributed by atoms with Gasteiger partial charge in [-0.05, 0) is 64.2 Å². The molecule has 1 N–H and O–H groups in total. The van der Waals surface area contributed by atoms with Crippen molar-refractivity contribution in [2.45, 2.75) is 83.5 Å². The molecule has 0 heterocycles. The van der Waals surface area contributed by atoms with Crippen molar-refractivity contribution in [2.75, 3.05) is 6.61 Å². The van der Waals surface area contributed by atoms with E-state index in [2.05, 4.69) is 24.3 Å². The van der Waals surface area contributed by atoms with Gasteiger partial charge in [0.15, 0.2) is 0 Å². The Hall–Kier alpha value is -0.0900. The maximum Gasteiger partial charge on any atom is 1.00 e. The fraction of sp³-hybridized carbons (Fsp3) is 0.737. The van der Waals surface area contributed by atoms with E-state index < -0.39 is 5.97 Å². The molecule has 3 nitrogen and oxygen atoms in total. The van der Waals surface area contributed by atoms with Crippen molar-refractivity contribution in [3.8, 4) is 0 Å². The van der Waals surface area contributed by atoms with Crippen molar-refractivity contribution >= 4 is 5.97 Å². The summed E-state index contributed by atoms with van der Waals surface area (Å²) >= 11 is 0. The molecule has 0 aromatic heterocycles. The number of carboxylic acid groups (broad SMARTS) is 1. The quantitative estimate of drug-likeness (QED) is 0.260. The van der Waals surface area contributed by atoms with Crippen LogP contribution >= 0.6 is 0 Å². The molecule has 0 aromatic carbocycles. The first-order valence-electron chi connectivity index (χ1n) is 8.88. The molecular formula is C19H33NaO3. The van der Waals surface area contributed by atoms with Gasteiger partial charge < -0.3 is 15.0 Å². The molecule has 0 bridgehead atoms. The van der Waals surface area contributed by atoms with Gasteiger partial charge in [-0.1, -0.05) is 43.6 Å². The van der Waals surface area contributed by atoms with E-state index in [0.29, 0.717) is 13.0 Å². The summed E-state index contributed by atoms with van der Waals surface area (Å²) < 4.78 is 0. The molecule has 128 valence electrons. The third kappa shape index (κ3) is 24.3. The Bertz CT molecular complexity index is 301. The SMILES string of the molecule is O=C([O-])CCC/C=C\CCCCCCC/C=C\CCCCO.[Na+]. The Morgan fingerprint density at radius 1 is 0.696 bits per heavy atom. The third-order valence-electron chi connectivity index (χ3n) is 3.61. The zero-order valence-corrected chi connectivity index (χ0v) is 17.0. The molecule has 0 amide bonds. The van der Waals surface area contributed by atoms with Crippen LogP contribution in [-0.4, -0.2) is 17.7 Å². The number of hydrogen-bond acceptors (Lipinski definition) is 3. The first-order valence-corrected chi connectivity index (χ1v) is 8.88. The van der Waals surface area contributed by atoms with Crippen LogP contribution in [0.2, 0.25) is 0 Å². The summed E-state index contributed by atoms with van der Waals surface area (Å²) in [6, 6.07) is 0. The number of hydrogen-bond donors (Lipinski definition) is 1. The van der Waals surface area contributed by atoms with Crippen molar-refractivity contribution in [1.29, 1.82) is 0 Å². The molecular weight excluding hydrogens is 299 g/mol. The Morgan fingerprint density at radius 3 is 1.52 bits per heavy atom. The van der Waals surface area contributed by atoms with Crippen LogP contribution in [0.3, 0.4) is 0 Å². The van der Waals surface area contributed by atoms with Gasteiger partial charge in [-0.2, -0.15) is 0 Å². The maximum atomic E-state index is 10.2. The summed E-state index contributed by atoms with van der Waals surface area (Å²) in [5.41, 5.74) is 0. The van der Waals surface area contributed by atoms with Crippen molar-refractivity contribution in [3.05, 3.63) is 24.3 Å². The number of carbonyl (C=O) groups excluding carboxylic acids is 1. The van der Waals surface area contributed by atoms with Gasteiger partial charge in [0.05, 0.1) is 0 Å². The predicted molar refractivity (Wildman–Crippen MR) is 90.4 cm³/mol. The van der Waals surface area contributed by atoms with E-state index in [9.17, 15) is 9.90 Å². The zero-order valence-electron chi connectivity index (χ0n) is 15.0. The Labute approximate surface area is 164 Å². The van der Waals surface area contributed by atoms with Crippen LogP contribution in [0.25, 0.3) is 0 Å². The van der Waals surface area contributed by atoms with Gasteiger partial charge in [-0.3, -0.25) is 0 Å². The summed E-state index contributed by atoms with van der Waals surface area (Å²) in [4.78, 5) is 10.2. The monoisotopic (exact) mass is 332 g/mol. The Kier molecular flexibility index (Phi) is 24.0. The van der Waals surface area contributed by atoms with E-state index in [-0.39, 0.29) is 36.0 Å². The molecule has 0 radical (unpaired) electrons. The predicted octanol–water partition coefficient (Wildman–Crippen LogP) is 0.916. The van der Waals surface area contributed by atoms with Gasteiger partial charge in [0.25, 0.3) is 0 Å². The number of rotatable bonds is 16. The average Bonchev–Trinajstić information content (AvgIpc) is 2.50. The van der Waals surface area contributed by atoms with Gasteiger partial charge in [-0.15, -0.1) is 0 Å². The number of unbranched alkanes of at least 4 members (excludes halogenated alkanes) is 9. The van der Waals surface area contributed by atoms with Crippen LogP contribution < -0.4 is 34.7 Å². The summed E-state index contributed by atoms with van der Waals surface area (Å²) in [7, 11) is 0. The molecule has 0 aliphatic rings.